The van der Waals surface area contributed by atoms with Gasteiger partial charge in [0.05, 0.1) is 12.8 Å². The van der Waals surface area contributed by atoms with Crippen LogP contribution in [0.25, 0.3) is 27.9 Å². The molecule has 0 saturated heterocycles. The number of benzene rings is 2. The summed E-state index contributed by atoms with van der Waals surface area (Å²) in [5.74, 6) is 0.874. The third-order valence-corrected chi connectivity index (χ3v) is 4.12. The number of fused-ring (bicyclic) bond motifs is 1. The van der Waals surface area contributed by atoms with E-state index in [1.54, 1.807) is 7.11 Å². The van der Waals surface area contributed by atoms with Crippen LogP contribution in [0.3, 0.4) is 0 Å². The molecule has 0 bridgehead atoms. The van der Waals surface area contributed by atoms with Crippen molar-refractivity contribution in [3.8, 4) is 28.1 Å². The SMILES string of the molecule is COc1ccc(-c2cccc3cc(-c4ccccc4)cn23)cc1. The van der Waals surface area contributed by atoms with Crippen LogP contribution in [0.2, 0.25) is 0 Å². The van der Waals surface area contributed by atoms with Gasteiger partial charge < -0.3 is 9.14 Å². The van der Waals surface area contributed by atoms with Gasteiger partial charge in [0.25, 0.3) is 0 Å². The van der Waals surface area contributed by atoms with Gasteiger partial charge in [0.1, 0.15) is 5.75 Å². The Labute approximate surface area is 135 Å². The van der Waals surface area contributed by atoms with Gasteiger partial charge in [-0.2, -0.15) is 0 Å². The lowest BCUT2D eigenvalue weighted by molar-refractivity contribution is 0.415. The lowest BCUT2D eigenvalue weighted by Crippen LogP contribution is -1.90. The summed E-state index contributed by atoms with van der Waals surface area (Å²) >= 11 is 0. The van der Waals surface area contributed by atoms with Crippen LogP contribution in [0.4, 0.5) is 0 Å². The average Bonchev–Trinajstić information content (AvgIpc) is 3.07. The quantitative estimate of drug-likeness (QED) is 0.501. The molecule has 0 saturated carbocycles. The molecular weight excluding hydrogens is 282 g/mol. The Bertz CT molecular complexity index is 937. The van der Waals surface area contributed by atoms with Gasteiger partial charge in [-0.25, -0.2) is 0 Å². The minimum Gasteiger partial charge on any atom is -0.497 e. The van der Waals surface area contributed by atoms with Crippen molar-refractivity contribution < 1.29 is 4.74 Å². The number of rotatable bonds is 3. The van der Waals surface area contributed by atoms with Crippen LogP contribution in [0, 0.1) is 0 Å². The molecule has 0 aliphatic rings. The van der Waals surface area contributed by atoms with Crippen molar-refractivity contribution in [2.45, 2.75) is 0 Å². The minimum atomic E-state index is 0.874. The van der Waals surface area contributed by atoms with Gasteiger partial charge in [0, 0.05) is 17.3 Å². The van der Waals surface area contributed by atoms with Crippen LogP contribution in [0.1, 0.15) is 0 Å². The second-order valence-corrected chi connectivity index (χ2v) is 5.53. The van der Waals surface area contributed by atoms with E-state index in [2.05, 4.69) is 71.3 Å². The van der Waals surface area contributed by atoms with E-state index < -0.39 is 0 Å². The number of aromatic nitrogens is 1. The molecule has 4 aromatic rings. The highest BCUT2D eigenvalue weighted by Crippen LogP contribution is 2.28. The predicted octanol–water partition coefficient (Wildman–Crippen LogP) is 5.28. The molecule has 0 aliphatic carbocycles. The van der Waals surface area contributed by atoms with Gasteiger partial charge in [0.2, 0.25) is 0 Å². The average molecular weight is 299 g/mol. The maximum absolute atomic E-state index is 5.25. The Kier molecular flexibility index (Phi) is 3.35. The van der Waals surface area contributed by atoms with Gasteiger partial charge in [0.15, 0.2) is 0 Å². The molecule has 2 aromatic carbocycles. The maximum Gasteiger partial charge on any atom is 0.118 e. The lowest BCUT2D eigenvalue weighted by atomic mass is 10.1. The van der Waals surface area contributed by atoms with Crippen molar-refractivity contribution in [1.29, 1.82) is 0 Å². The Morgan fingerprint density at radius 1 is 0.696 bits per heavy atom. The standard InChI is InChI=1S/C21H17NO/c1-23-20-12-10-17(11-13-20)21-9-5-8-19-14-18(15-22(19)21)16-6-3-2-4-7-16/h2-15H,1H3. The van der Waals surface area contributed by atoms with Crippen molar-refractivity contribution in [1.82, 2.24) is 4.40 Å². The highest BCUT2D eigenvalue weighted by molar-refractivity contribution is 5.74. The first-order chi connectivity index (χ1) is 11.3. The van der Waals surface area contributed by atoms with E-state index in [0.29, 0.717) is 0 Å². The van der Waals surface area contributed by atoms with Crippen molar-refractivity contribution in [2.24, 2.45) is 0 Å². The van der Waals surface area contributed by atoms with E-state index in [4.69, 9.17) is 4.74 Å². The predicted molar refractivity (Wildman–Crippen MR) is 94.8 cm³/mol. The molecule has 2 heteroatoms. The molecule has 0 spiro atoms. The van der Waals surface area contributed by atoms with Gasteiger partial charge in [-0.3, -0.25) is 0 Å². The van der Waals surface area contributed by atoms with E-state index in [0.717, 1.165) is 5.75 Å². The molecule has 0 radical (unpaired) electrons. The summed E-state index contributed by atoms with van der Waals surface area (Å²) in [5, 5.41) is 0. The zero-order valence-electron chi connectivity index (χ0n) is 12.9. The van der Waals surface area contributed by atoms with Gasteiger partial charge >= 0.3 is 0 Å². The molecule has 0 N–H and O–H groups in total. The van der Waals surface area contributed by atoms with Crippen LogP contribution in [-0.2, 0) is 0 Å². The van der Waals surface area contributed by atoms with E-state index in [9.17, 15) is 0 Å². The monoisotopic (exact) mass is 299 g/mol. The molecule has 0 amide bonds. The second kappa shape index (κ2) is 5.65. The number of nitrogens with zero attached hydrogens (tertiary/aromatic N) is 1. The summed E-state index contributed by atoms with van der Waals surface area (Å²) in [6, 6.07) is 27.3. The largest absolute Gasteiger partial charge is 0.497 e. The highest BCUT2D eigenvalue weighted by atomic mass is 16.5. The molecule has 2 aromatic heterocycles. The smallest absolute Gasteiger partial charge is 0.118 e. The molecule has 2 nitrogen and oxygen atoms in total. The van der Waals surface area contributed by atoms with Crippen molar-refractivity contribution in [3.05, 3.63) is 85.1 Å². The normalized spacial score (nSPS) is 10.8. The number of pyridine rings is 1. The summed E-state index contributed by atoms with van der Waals surface area (Å²) in [7, 11) is 1.69. The Morgan fingerprint density at radius 3 is 2.22 bits per heavy atom. The topological polar surface area (TPSA) is 13.6 Å². The summed E-state index contributed by atoms with van der Waals surface area (Å²) in [6.45, 7) is 0. The number of hydrogen-bond donors (Lipinski definition) is 0. The van der Waals surface area contributed by atoms with Crippen LogP contribution < -0.4 is 4.74 Å². The second-order valence-electron chi connectivity index (χ2n) is 5.53. The van der Waals surface area contributed by atoms with E-state index >= 15 is 0 Å². The molecule has 23 heavy (non-hydrogen) atoms. The Morgan fingerprint density at radius 2 is 1.48 bits per heavy atom. The van der Waals surface area contributed by atoms with Crippen LogP contribution in [0.15, 0.2) is 85.1 Å². The van der Waals surface area contributed by atoms with Gasteiger partial charge in [-0.05, 0) is 53.6 Å². The Balaban J connectivity index is 1.85. The third kappa shape index (κ3) is 2.49. The summed E-state index contributed by atoms with van der Waals surface area (Å²) in [5.41, 5.74) is 6.00. The maximum atomic E-state index is 5.25. The van der Waals surface area contributed by atoms with Crippen LogP contribution >= 0.6 is 0 Å². The number of methoxy groups -OCH3 is 1. The van der Waals surface area contributed by atoms with Gasteiger partial charge in [-0.15, -0.1) is 0 Å². The first-order valence-electron chi connectivity index (χ1n) is 7.66. The summed E-state index contributed by atoms with van der Waals surface area (Å²) in [6.07, 6.45) is 2.20. The summed E-state index contributed by atoms with van der Waals surface area (Å²) in [4.78, 5) is 0. The molecule has 2 heterocycles. The molecule has 0 aliphatic heterocycles. The summed E-state index contributed by atoms with van der Waals surface area (Å²) < 4.78 is 7.49. The first kappa shape index (κ1) is 13.6. The van der Waals surface area contributed by atoms with E-state index in [1.807, 2.05) is 18.2 Å². The van der Waals surface area contributed by atoms with Crippen molar-refractivity contribution in [2.75, 3.05) is 7.11 Å². The van der Waals surface area contributed by atoms with Crippen molar-refractivity contribution in [3.63, 3.8) is 0 Å². The van der Waals surface area contributed by atoms with Crippen molar-refractivity contribution >= 4 is 5.52 Å². The fourth-order valence-electron chi connectivity index (χ4n) is 2.92. The molecule has 4 rings (SSSR count). The van der Waals surface area contributed by atoms with Gasteiger partial charge in [-0.1, -0.05) is 36.4 Å². The molecular formula is C21H17NO. The number of ether oxygens (including phenoxy) is 1. The minimum absolute atomic E-state index is 0.874. The fraction of sp³-hybridized carbons (Fsp3) is 0.0476. The lowest BCUT2D eigenvalue weighted by Gasteiger charge is -2.07. The first-order valence-corrected chi connectivity index (χ1v) is 7.66. The van der Waals surface area contributed by atoms with Crippen LogP contribution in [0.5, 0.6) is 5.75 Å². The fourth-order valence-corrected chi connectivity index (χ4v) is 2.92. The molecule has 0 atom stereocenters. The molecule has 112 valence electrons. The van der Waals surface area contributed by atoms with Crippen LogP contribution in [-0.4, -0.2) is 11.5 Å². The van der Waals surface area contributed by atoms with E-state index in [-0.39, 0.29) is 0 Å². The molecule has 0 fully saturated rings. The zero-order chi connectivity index (χ0) is 15.6. The third-order valence-electron chi connectivity index (χ3n) is 4.12. The molecule has 0 unspecified atom stereocenters. The van der Waals surface area contributed by atoms with E-state index in [1.165, 1.54) is 27.9 Å². The zero-order valence-corrected chi connectivity index (χ0v) is 12.9. The Hall–Kier alpha value is -3.00. The number of hydrogen-bond acceptors (Lipinski definition) is 1. The highest BCUT2D eigenvalue weighted by Gasteiger charge is 2.07.